The summed E-state index contributed by atoms with van der Waals surface area (Å²) in [5.41, 5.74) is 1.97. The maximum Gasteiger partial charge on any atom is 0.303 e. The van der Waals surface area contributed by atoms with Crippen LogP contribution < -0.4 is 0 Å². The number of aliphatic carboxylic acids is 1. The van der Waals surface area contributed by atoms with E-state index >= 15 is 0 Å². The molecule has 1 atom stereocenters. The topological polar surface area (TPSA) is 50.4 Å². The van der Waals surface area contributed by atoms with Gasteiger partial charge in [0.1, 0.15) is 5.58 Å². The van der Waals surface area contributed by atoms with Crippen molar-refractivity contribution in [3.8, 4) is 0 Å². The maximum atomic E-state index is 11.0. The molecule has 0 aliphatic heterocycles. The molecule has 0 bridgehead atoms. The smallest absolute Gasteiger partial charge is 0.303 e. The van der Waals surface area contributed by atoms with E-state index < -0.39 is 5.97 Å². The molecule has 0 amide bonds. The Morgan fingerprint density at radius 2 is 2.24 bits per heavy atom. The fraction of sp³-hybridized carbons (Fsp3) is 0.357. The average molecular weight is 230 g/mol. The molecule has 1 aromatic carbocycles. The van der Waals surface area contributed by atoms with Crippen LogP contribution in [0.2, 0.25) is 0 Å². The van der Waals surface area contributed by atoms with Gasteiger partial charge in [-0.2, -0.15) is 0 Å². The van der Waals surface area contributed by atoms with Crippen LogP contribution in [0, 0.1) is 5.92 Å². The van der Waals surface area contributed by atoms with Crippen LogP contribution in [0.15, 0.2) is 34.9 Å². The molecule has 0 saturated heterocycles. The molecule has 0 spiro atoms. The van der Waals surface area contributed by atoms with Crippen molar-refractivity contribution in [1.82, 2.24) is 0 Å². The summed E-state index contributed by atoms with van der Waals surface area (Å²) in [7, 11) is 0. The van der Waals surface area contributed by atoms with Gasteiger partial charge in [-0.1, -0.05) is 12.1 Å². The summed E-state index contributed by atoms with van der Waals surface area (Å²) in [6, 6.07) is 7.83. The normalized spacial score (nSPS) is 17.2. The van der Waals surface area contributed by atoms with Gasteiger partial charge < -0.3 is 9.52 Å². The first-order chi connectivity index (χ1) is 8.25. The molecule has 3 nitrogen and oxygen atoms in total. The van der Waals surface area contributed by atoms with Crippen LogP contribution in [0.4, 0.5) is 0 Å². The van der Waals surface area contributed by atoms with Crippen LogP contribution >= 0.6 is 0 Å². The average Bonchev–Trinajstić information content (AvgIpc) is 3.02. The van der Waals surface area contributed by atoms with Crippen LogP contribution in [0.5, 0.6) is 0 Å². The standard InChI is InChI=1S/C14H14O3/c15-14(16)8-12(9-4-5-9)10-2-1-3-13-11(10)6-7-17-13/h1-3,6-7,9,12H,4-5,8H2,(H,15,16). The lowest BCUT2D eigenvalue weighted by Gasteiger charge is -2.15. The number of fused-ring (bicyclic) bond motifs is 1. The number of hydrogen-bond donors (Lipinski definition) is 1. The molecule has 3 rings (SSSR count). The minimum atomic E-state index is -0.720. The highest BCUT2D eigenvalue weighted by atomic mass is 16.4. The molecule has 0 radical (unpaired) electrons. The number of benzene rings is 1. The molecule has 1 fully saturated rings. The van der Waals surface area contributed by atoms with Crippen molar-refractivity contribution < 1.29 is 14.3 Å². The number of carboxylic acid groups (broad SMARTS) is 1. The summed E-state index contributed by atoms with van der Waals surface area (Å²) in [4.78, 5) is 11.0. The lowest BCUT2D eigenvalue weighted by molar-refractivity contribution is -0.137. The van der Waals surface area contributed by atoms with Gasteiger partial charge in [0.25, 0.3) is 0 Å². The zero-order chi connectivity index (χ0) is 11.8. The van der Waals surface area contributed by atoms with E-state index in [0.29, 0.717) is 5.92 Å². The van der Waals surface area contributed by atoms with E-state index in [1.165, 1.54) is 0 Å². The fourth-order valence-corrected chi connectivity index (χ4v) is 2.56. The molecule has 17 heavy (non-hydrogen) atoms. The molecule has 1 aromatic heterocycles. The van der Waals surface area contributed by atoms with Gasteiger partial charge in [0, 0.05) is 5.39 Å². The van der Waals surface area contributed by atoms with Gasteiger partial charge in [-0.05, 0) is 42.4 Å². The highest BCUT2D eigenvalue weighted by molar-refractivity contribution is 5.82. The predicted molar refractivity (Wildman–Crippen MR) is 63.9 cm³/mol. The fourth-order valence-electron chi connectivity index (χ4n) is 2.56. The lowest BCUT2D eigenvalue weighted by atomic mass is 9.89. The minimum Gasteiger partial charge on any atom is -0.481 e. The van der Waals surface area contributed by atoms with Crippen molar-refractivity contribution in [3.63, 3.8) is 0 Å². The van der Waals surface area contributed by atoms with Crippen molar-refractivity contribution in [3.05, 3.63) is 36.1 Å². The Hall–Kier alpha value is -1.77. The number of furan rings is 1. The molecule has 1 aliphatic rings. The summed E-state index contributed by atoms with van der Waals surface area (Å²) in [6.45, 7) is 0. The van der Waals surface area contributed by atoms with E-state index in [9.17, 15) is 4.79 Å². The van der Waals surface area contributed by atoms with Gasteiger partial charge in [0.05, 0.1) is 12.7 Å². The monoisotopic (exact) mass is 230 g/mol. The molecule has 3 heteroatoms. The van der Waals surface area contributed by atoms with Crippen LogP contribution in [0.1, 0.15) is 30.7 Å². The van der Waals surface area contributed by atoms with Crippen LogP contribution in [-0.2, 0) is 4.79 Å². The molecular formula is C14H14O3. The number of carboxylic acids is 1. The Balaban J connectivity index is 2.04. The van der Waals surface area contributed by atoms with E-state index in [1.807, 2.05) is 24.3 Å². The molecule has 1 saturated carbocycles. The number of hydrogen-bond acceptors (Lipinski definition) is 2. The Labute approximate surface area is 99.0 Å². The molecule has 1 aliphatic carbocycles. The Morgan fingerprint density at radius 1 is 1.41 bits per heavy atom. The molecule has 2 aromatic rings. The van der Waals surface area contributed by atoms with Crippen molar-refractivity contribution in [2.75, 3.05) is 0 Å². The second-order valence-corrected chi connectivity index (χ2v) is 4.72. The second kappa shape index (κ2) is 3.91. The molecule has 1 N–H and O–H groups in total. The second-order valence-electron chi connectivity index (χ2n) is 4.72. The summed E-state index contributed by atoms with van der Waals surface area (Å²) in [6.07, 6.45) is 4.17. The van der Waals surface area contributed by atoms with Gasteiger partial charge in [0.2, 0.25) is 0 Å². The van der Waals surface area contributed by atoms with Crippen molar-refractivity contribution in [2.24, 2.45) is 5.92 Å². The van der Waals surface area contributed by atoms with E-state index in [1.54, 1.807) is 6.26 Å². The summed E-state index contributed by atoms with van der Waals surface area (Å²) < 4.78 is 5.37. The minimum absolute atomic E-state index is 0.133. The highest BCUT2D eigenvalue weighted by Gasteiger charge is 2.34. The van der Waals surface area contributed by atoms with Gasteiger partial charge in [-0.25, -0.2) is 0 Å². The summed E-state index contributed by atoms with van der Waals surface area (Å²) >= 11 is 0. The quantitative estimate of drug-likeness (QED) is 0.875. The molecule has 1 unspecified atom stereocenters. The van der Waals surface area contributed by atoms with Crippen molar-refractivity contribution >= 4 is 16.9 Å². The third-order valence-electron chi connectivity index (χ3n) is 3.51. The van der Waals surface area contributed by atoms with Gasteiger partial charge >= 0.3 is 5.97 Å². The van der Waals surface area contributed by atoms with Gasteiger partial charge in [0.15, 0.2) is 0 Å². The van der Waals surface area contributed by atoms with Crippen LogP contribution in [-0.4, -0.2) is 11.1 Å². The zero-order valence-corrected chi connectivity index (χ0v) is 9.43. The van der Waals surface area contributed by atoms with Crippen LogP contribution in [0.3, 0.4) is 0 Å². The van der Waals surface area contributed by atoms with Crippen molar-refractivity contribution in [2.45, 2.75) is 25.2 Å². The first-order valence-corrected chi connectivity index (χ1v) is 5.93. The lowest BCUT2D eigenvalue weighted by Crippen LogP contribution is -2.08. The predicted octanol–water partition coefficient (Wildman–Crippen LogP) is 3.40. The number of carbonyl (C=O) groups is 1. The molecular weight excluding hydrogens is 216 g/mol. The Kier molecular flexibility index (Phi) is 2.39. The van der Waals surface area contributed by atoms with Crippen molar-refractivity contribution in [1.29, 1.82) is 0 Å². The van der Waals surface area contributed by atoms with Gasteiger partial charge in [-0.3, -0.25) is 4.79 Å². The number of rotatable bonds is 4. The third-order valence-corrected chi connectivity index (χ3v) is 3.51. The van der Waals surface area contributed by atoms with E-state index in [0.717, 1.165) is 29.4 Å². The van der Waals surface area contributed by atoms with Gasteiger partial charge in [-0.15, -0.1) is 0 Å². The maximum absolute atomic E-state index is 11.0. The SMILES string of the molecule is O=C(O)CC(c1cccc2occc12)C1CC1. The first kappa shape index (κ1) is 10.4. The van der Waals surface area contributed by atoms with E-state index in [-0.39, 0.29) is 12.3 Å². The summed E-state index contributed by atoms with van der Waals surface area (Å²) in [5, 5.41) is 10.1. The Morgan fingerprint density at radius 3 is 2.94 bits per heavy atom. The largest absolute Gasteiger partial charge is 0.481 e. The summed E-state index contributed by atoms with van der Waals surface area (Å²) in [5.74, 6) is -0.0530. The molecule has 1 heterocycles. The van der Waals surface area contributed by atoms with E-state index in [2.05, 4.69) is 0 Å². The zero-order valence-electron chi connectivity index (χ0n) is 9.43. The highest BCUT2D eigenvalue weighted by Crippen LogP contribution is 2.46. The third kappa shape index (κ3) is 1.93. The van der Waals surface area contributed by atoms with E-state index in [4.69, 9.17) is 9.52 Å². The molecule has 88 valence electrons. The Bertz CT molecular complexity index is 551. The first-order valence-electron chi connectivity index (χ1n) is 5.93. The van der Waals surface area contributed by atoms with Crippen LogP contribution in [0.25, 0.3) is 11.0 Å².